The van der Waals surface area contributed by atoms with Gasteiger partial charge in [0.15, 0.2) is 5.78 Å². The number of carbonyl (C=O) groups is 1. The van der Waals surface area contributed by atoms with Gasteiger partial charge in [-0.25, -0.2) is 0 Å². The fourth-order valence-electron chi connectivity index (χ4n) is 1.34. The van der Waals surface area contributed by atoms with E-state index in [2.05, 4.69) is 0 Å². The fraction of sp³-hybridized carbons (Fsp3) is 0.364. The molecule has 1 aliphatic heterocycles. The van der Waals surface area contributed by atoms with Crippen LogP contribution < -0.4 is 0 Å². The Morgan fingerprint density at radius 1 is 1.31 bits per heavy atom. The SMILES string of the molecule is Cc1ccc(C(=O)C2OC2C)cc1. The molecule has 1 heterocycles. The average Bonchev–Trinajstić information content (AvgIpc) is 2.83. The molecular formula is C11H12O2. The third-order valence-corrected chi connectivity index (χ3v) is 2.31. The molecule has 2 unspecified atom stereocenters. The minimum atomic E-state index is -0.192. The minimum absolute atomic E-state index is 0.104. The Balaban J connectivity index is 2.17. The molecule has 0 aromatic heterocycles. The molecule has 68 valence electrons. The van der Waals surface area contributed by atoms with Crippen LogP contribution in [0.4, 0.5) is 0 Å². The third-order valence-electron chi connectivity index (χ3n) is 2.31. The summed E-state index contributed by atoms with van der Waals surface area (Å²) >= 11 is 0. The lowest BCUT2D eigenvalue weighted by Crippen LogP contribution is -2.08. The first-order chi connectivity index (χ1) is 6.18. The average molecular weight is 176 g/mol. The Kier molecular flexibility index (Phi) is 1.93. The second-order valence-electron chi connectivity index (χ2n) is 3.49. The van der Waals surface area contributed by atoms with E-state index in [1.807, 2.05) is 38.1 Å². The van der Waals surface area contributed by atoms with Crippen molar-refractivity contribution in [2.24, 2.45) is 0 Å². The van der Waals surface area contributed by atoms with E-state index in [1.54, 1.807) is 0 Å². The largest absolute Gasteiger partial charge is 0.361 e. The Labute approximate surface area is 77.5 Å². The van der Waals surface area contributed by atoms with Crippen molar-refractivity contribution in [2.75, 3.05) is 0 Å². The van der Waals surface area contributed by atoms with Gasteiger partial charge in [0.2, 0.25) is 0 Å². The van der Waals surface area contributed by atoms with E-state index in [1.165, 1.54) is 5.56 Å². The van der Waals surface area contributed by atoms with Gasteiger partial charge >= 0.3 is 0 Å². The lowest BCUT2D eigenvalue weighted by Gasteiger charge is -1.97. The second kappa shape index (κ2) is 2.96. The molecule has 1 aliphatic rings. The quantitative estimate of drug-likeness (QED) is 0.509. The Bertz CT molecular complexity index is 326. The number of ether oxygens (including phenoxy) is 1. The van der Waals surface area contributed by atoms with Crippen LogP contribution in [0.15, 0.2) is 24.3 Å². The summed E-state index contributed by atoms with van der Waals surface area (Å²) in [5, 5.41) is 0. The molecule has 1 aromatic carbocycles. The van der Waals surface area contributed by atoms with Gasteiger partial charge in [-0.2, -0.15) is 0 Å². The highest BCUT2D eigenvalue weighted by Crippen LogP contribution is 2.25. The van der Waals surface area contributed by atoms with Crippen LogP contribution in [0, 0.1) is 6.92 Å². The van der Waals surface area contributed by atoms with Crippen LogP contribution in [0.2, 0.25) is 0 Å². The number of Topliss-reactive ketones (excluding diaryl/α,β-unsaturated/α-hetero) is 1. The Morgan fingerprint density at radius 3 is 2.31 bits per heavy atom. The highest BCUT2D eigenvalue weighted by molar-refractivity contribution is 6.01. The molecule has 0 radical (unpaired) electrons. The number of rotatable bonds is 2. The standard InChI is InChI=1S/C11H12O2/c1-7-3-5-9(6-4-7)10(12)11-8(2)13-11/h3-6,8,11H,1-2H3. The molecule has 2 atom stereocenters. The van der Waals surface area contributed by atoms with E-state index in [0.717, 1.165) is 5.56 Å². The van der Waals surface area contributed by atoms with Crippen molar-refractivity contribution in [3.63, 3.8) is 0 Å². The van der Waals surface area contributed by atoms with Crippen molar-refractivity contribution >= 4 is 5.78 Å². The summed E-state index contributed by atoms with van der Waals surface area (Å²) in [6.07, 6.45) is -0.0866. The van der Waals surface area contributed by atoms with Crippen LogP contribution in [0.5, 0.6) is 0 Å². The first-order valence-electron chi connectivity index (χ1n) is 4.45. The van der Waals surface area contributed by atoms with Gasteiger partial charge < -0.3 is 4.74 Å². The smallest absolute Gasteiger partial charge is 0.194 e. The van der Waals surface area contributed by atoms with Crippen molar-refractivity contribution in [3.05, 3.63) is 35.4 Å². The topological polar surface area (TPSA) is 29.6 Å². The monoisotopic (exact) mass is 176 g/mol. The number of epoxide rings is 1. The summed E-state index contributed by atoms with van der Waals surface area (Å²) in [7, 11) is 0. The van der Waals surface area contributed by atoms with E-state index >= 15 is 0 Å². The molecular weight excluding hydrogens is 164 g/mol. The first kappa shape index (κ1) is 8.45. The lowest BCUT2D eigenvalue weighted by atomic mass is 10.1. The van der Waals surface area contributed by atoms with E-state index < -0.39 is 0 Å². The van der Waals surface area contributed by atoms with Crippen LogP contribution in [0.3, 0.4) is 0 Å². The maximum absolute atomic E-state index is 11.6. The van der Waals surface area contributed by atoms with Gasteiger partial charge in [0.1, 0.15) is 6.10 Å². The number of benzene rings is 1. The fourth-order valence-corrected chi connectivity index (χ4v) is 1.34. The first-order valence-corrected chi connectivity index (χ1v) is 4.45. The number of ketones is 1. The van der Waals surface area contributed by atoms with Gasteiger partial charge in [0.25, 0.3) is 0 Å². The van der Waals surface area contributed by atoms with Gasteiger partial charge in [-0.05, 0) is 13.8 Å². The molecule has 0 bridgehead atoms. The number of aryl methyl sites for hydroxylation is 1. The van der Waals surface area contributed by atoms with Crippen LogP contribution >= 0.6 is 0 Å². The zero-order valence-corrected chi connectivity index (χ0v) is 7.78. The molecule has 0 aliphatic carbocycles. The van der Waals surface area contributed by atoms with Gasteiger partial charge in [-0.15, -0.1) is 0 Å². The molecule has 0 N–H and O–H groups in total. The van der Waals surface area contributed by atoms with Gasteiger partial charge in [-0.1, -0.05) is 29.8 Å². The molecule has 2 nitrogen and oxygen atoms in total. The van der Waals surface area contributed by atoms with E-state index in [9.17, 15) is 4.79 Å². The maximum atomic E-state index is 11.6. The second-order valence-corrected chi connectivity index (χ2v) is 3.49. The Morgan fingerprint density at radius 2 is 1.85 bits per heavy atom. The predicted molar refractivity (Wildman–Crippen MR) is 49.8 cm³/mol. The molecule has 1 fully saturated rings. The predicted octanol–water partition coefficient (Wildman–Crippen LogP) is 1.97. The van der Waals surface area contributed by atoms with Crippen LogP contribution in [0.25, 0.3) is 0 Å². The number of carbonyl (C=O) groups excluding carboxylic acids is 1. The third kappa shape index (κ3) is 1.63. The highest BCUT2D eigenvalue weighted by Gasteiger charge is 2.41. The molecule has 2 rings (SSSR count). The summed E-state index contributed by atoms with van der Waals surface area (Å²) in [6, 6.07) is 7.60. The number of hydrogen-bond acceptors (Lipinski definition) is 2. The molecule has 0 amide bonds. The summed E-state index contributed by atoms with van der Waals surface area (Å²) in [5.41, 5.74) is 1.92. The van der Waals surface area contributed by atoms with Crippen molar-refractivity contribution in [1.29, 1.82) is 0 Å². The van der Waals surface area contributed by atoms with E-state index in [0.29, 0.717) is 0 Å². The summed E-state index contributed by atoms with van der Waals surface area (Å²) in [5.74, 6) is 0.104. The van der Waals surface area contributed by atoms with Crippen molar-refractivity contribution < 1.29 is 9.53 Å². The lowest BCUT2D eigenvalue weighted by molar-refractivity contribution is 0.0953. The van der Waals surface area contributed by atoms with Crippen LogP contribution in [0.1, 0.15) is 22.8 Å². The molecule has 1 saturated heterocycles. The van der Waals surface area contributed by atoms with E-state index in [-0.39, 0.29) is 18.0 Å². The maximum Gasteiger partial charge on any atom is 0.194 e. The number of hydrogen-bond donors (Lipinski definition) is 0. The van der Waals surface area contributed by atoms with Crippen molar-refractivity contribution in [2.45, 2.75) is 26.1 Å². The Hall–Kier alpha value is -1.15. The molecule has 13 heavy (non-hydrogen) atoms. The summed E-state index contributed by atoms with van der Waals surface area (Å²) in [6.45, 7) is 3.92. The van der Waals surface area contributed by atoms with Gasteiger partial charge in [0.05, 0.1) is 6.10 Å². The molecule has 0 spiro atoms. The summed E-state index contributed by atoms with van der Waals surface area (Å²) < 4.78 is 5.11. The van der Waals surface area contributed by atoms with Gasteiger partial charge in [0, 0.05) is 5.56 Å². The van der Waals surface area contributed by atoms with E-state index in [4.69, 9.17) is 4.74 Å². The van der Waals surface area contributed by atoms with Gasteiger partial charge in [-0.3, -0.25) is 4.79 Å². The molecule has 1 aromatic rings. The highest BCUT2D eigenvalue weighted by atomic mass is 16.6. The molecule has 2 heteroatoms. The van der Waals surface area contributed by atoms with Crippen molar-refractivity contribution in [3.8, 4) is 0 Å². The molecule has 0 saturated carbocycles. The summed E-state index contributed by atoms with van der Waals surface area (Å²) in [4.78, 5) is 11.6. The zero-order chi connectivity index (χ0) is 9.42. The normalized spacial score (nSPS) is 25.7. The zero-order valence-electron chi connectivity index (χ0n) is 7.78. The minimum Gasteiger partial charge on any atom is -0.361 e. The van der Waals surface area contributed by atoms with Crippen LogP contribution in [-0.4, -0.2) is 18.0 Å². The van der Waals surface area contributed by atoms with Crippen LogP contribution in [-0.2, 0) is 4.74 Å². The van der Waals surface area contributed by atoms with Crippen molar-refractivity contribution in [1.82, 2.24) is 0 Å².